The number of hydrogen-bond donors (Lipinski definition) is 2. The number of piperidine rings is 1. The molecule has 0 radical (unpaired) electrons. The van der Waals surface area contributed by atoms with E-state index >= 15 is 0 Å². The van der Waals surface area contributed by atoms with E-state index in [0.717, 1.165) is 47.4 Å². The van der Waals surface area contributed by atoms with Crippen LogP contribution in [0.5, 0.6) is 5.75 Å². The van der Waals surface area contributed by atoms with E-state index in [0.29, 0.717) is 18.7 Å². The highest BCUT2D eigenvalue weighted by molar-refractivity contribution is 6.01. The fraction of sp³-hybridized carbons (Fsp3) is 0.370. The van der Waals surface area contributed by atoms with Gasteiger partial charge in [-0.2, -0.15) is 0 Å². The van der Waals surface area contributed by atoms with Gasteiger partial charge < -0.3 is 15.0 Å². The lowest BCUT2D eigenvalue weighted by Crippen LogP contribution is -2.50. The van der Waals surface area contributed by atoms with E-state index in [1.54, 1.807) is 7.05 Å². The SMILES string of the molecule is CCCC=C1C=CC=CN1C(=NC)c1ccc2cccc(OC3CCNC(C(=O)NOC)C3)c2n1. The first-order chi connectivity index (χ1) is 17.1. The molecule has 1 saturated heterocycles. The Morgan fingerprint density at radius 2 is 2.20 bits per heavy atom. The molecule has 1 aromatic heterocycles. The van der Waals surface area contributed by atoms with Gasteiger partial charge in [-0.1, -0.05) is 43.7 Å². The third-order valence-corrected chi connectivity index (χ3v) is 6.05. The molecule has 0 aliphatic carbocycles. The lowest BCUT2D eigenvalue weighted by molar-refractivity contribution is -0.134. The van der Waals surface area contributed by atoms with Crippen molar-refractivity contribution in [2.75, 3.05) is 20.7 Å². The van der Waals surface area contributed by atoms with Crippen LogP contribution in [-0.4, -0.2) is 54.5 Å². The highest BCUT2D eigenvalue weighted by Gasteiger charge is 2.28. The van der Waals surface area contributed by atoms with Gasteiger partial charge in [0.05, 0.1) is 13.2 Å². The van der Waals surface area contributed by atoms with Crippen LogP contribution in [0.1, 0.15) is 38.3 Å². The van der Waals surface area contributed by atoms with Crippen molar-refractivity contribution in [3.63, 3.8) is 0 Å². The van der Waals surface area contributed by atoms with Gasteiger partial charge in [-0.25, -0.2) is 10.5 Å². The number of nitrogens with zero attached hydrogens (tertiary/aromatic N) is 3. The Balaban J connectivity index is 1.61. The Morgan fingerprint density at radius 1 is 1.31 bits per heavy atom. The van der Waals surface area contributed by atoms with E-state index in [4.69, 9.17) is 14.6 Å². The number of aromatic nitrogens is 1. The average Bonchev–Trinajstić information content (AvgIpc) is 2.89. The van der Waals surface area contributed by atoms with E-state index in [1.807, 2.05) is 48.7 Å². The minimum absolute atomic E-state index is 0.113. The molecule has 2 aliphatic heterocycles. The molecule has 1 aromatic carbocycles. The Bertz CT molecular complexity index is 1170. The molecule has 0 bridgehead atoms. The van der Waals surface area contributed by atoms with E-state index < -0.39 is 0 Å². The summed E-state index contributed by atoms with van der Waals surface area (Å²) in [5.41, 5.74) is 5.02. The highest BCUT2D eigenvalue weighted by atomic mass is 16.6. The van der Waals surface area contributed by atoms with Gasteiger partial charge in [0.1, 0.15) is 23.1 Å². The summed E-state index contributed by atoms with van der Waals surface area (Å²) in [6.07, 6.45) is 13.6. The molecule has 0 spiro atoms. The molecule has 8 nitrogen and oxygen atoms in total. The normalized spacial score (nSPS) is 21.5. The van der Waals surface area contributed by atoms with Crippen LogP contribution in [0.2, 0.25) is 0 Å². The predicted octanol–water partition coefficient (Wildman–Crippen LogP) is 3.86. The van der Waals surface area contributed by atoms with E-state index in [9.17, 15) is 4.79 Å². The second kappa shape index (κ2) is 11.8. The first-order valence-corrected chi connectivity index (χ1v) is 12.1. The Labute approximate surface area is 206 Å². The molecule has 2 aromatic rings. The molecular formula is C27H33N5O3. The van der Waals surface area contributed by atoms with Crippen molar-refractivity contribution < 1.29 is 14.4 Å². The zero-order valence-corrected chi connectivity index (χ0v) is 20.5. The third kappa shape index (κ3) is 5.78. The molecule has 3 heterocycles. The summed E-state index contributed by atoms with van der Waals surface area (Å²) in [7, 11) is 3.22. The number of amidine groups is 1. The molecule has 35 heavy (non-hydrogen) atoms. The van der Waals surface area contributed by atoms with Gasteiger partial charge in [0.2, 0.25) is 0 Å². The van der Waals surface area contributed by atoms with E-state index in [1.165, 1.54) is 7.11 Å². The maximum absolute atomic E-state index is 12.2. The van der Waals surface area contributed by atoms with Gasteiger partial charge in [-0.05, 0) is 43.7 Å². The lowest BCUT2D eigenvalue weighted by Gasteiger charge is -2.30. The molecule has 2 aliphatic rings. The van der Waals surface area contributed by atoms with Crippen LogP contribution in [0.4, 0.5) is 0 Å². The molecular weight excluding hydrogens is 442 g/mol. The van der Waals surface area contributed by atoms with Crippen molar-refractivity contribution in [2.24, 2.45) is 4.99 Å². The van der Waals surface area contributed by atoms with Crippen molar-refractivity contribution >= 4 is 22.6 Å². The molecule has 1 amide bonds. The topological polar surface area (TPSA) is 88.1 Å². The number of hydrogen-bond acceptors (Lipinski definition) is 6. The Kier molecular flexibility index (Phi) is 8.28. The number of carbonyl (C=O) groups is 1. The van der Waals surface area contributed by atoms with Gasteiger partial charge in [0.25, 0.3) is 5.91 Å². The van der Waals surface area contributed by atoms with Crippen LogP contribution in [0.25, 0.3) is 10.9 Å². The summed E-state index contributed by atoms with van der Waals surface area (Å²) < 4.78 is 6.40. The number of amides is 1. The van der Waals surface area contributed by atoms with Crippen LogP contribution >= 0.6 is 0 Å². The van der Waals surface area contributed by atoms with Crippen LogP contribution in [0, 0.1) is 0 Å². The Morgan fingerprint density at radius 3 is 3.00 bits per heavy atom. The van der Waals surface area contributed by atoms with Crippen LogP contribution in [0.3, 0.4) is 0 Å². The van der Waals surface area contributed by atoms with Crippen LogP contribution < -0.4 is 15.5 Å². The summed E-state index contributed by atoms with van der Waals surface area (Å²) >= 11 is 0. The second-order valence-corrected chi connectivity index (χ2v) is 8.50. The van der Waals surface area contributed by atoms with Gasteiger partial charge >= 0.3 is 0 Å². The minimum atomic E-state index is -0.363. The number of para-hydroxylation sites is 1. The summed E-state index contributed by atoms with van der Waals surface area (Å²) in [5.74, 6) is 1.27. The fourth-order valence-electron chi connectivity index (χ4n) is 4.33. The third-order valence-electron chi connectivity index (χ3n) is 6.05. The molecule has 2 unspecified atom stereocenters. The predicted molar refractivity (Wildman–Crippen MR) is 138 cm³/mol. The Hall–Kier alpha value is -3.49. The number of pyridine rings is 1. The van der Waals surface area contributed by atoms with Crippen molar-refractivity contribution in [1.29, 1.82) is 0 Å². The van der Waals surface area contributed by atoms with Crippen molar-refractivity contribution in [3.05, 3.63) is 72.2 Å². The number of ether oxygens (including phenoxy) is 1. The summed E-state index contributed by atoms with van der Waals surface area (Å²) in [6, 6.07) is 9.60. The molecule has 4 rings (SSSR count). The van der Waals surface area contributed by atoms with E-state index in [-0.39, 0.29) is 18.1 Å². The summed E-state index contributed by atoms with van der Waals surface area (Å²) in [6.45, 7) is 2.85. The number of benzene rings is 1. The van der Waals surface area contributed by atoms with Gasteiger partial charge in [-0.15, -0.1) is 0 Å². The fourth-order valence-corrected chi connectivity index (χ4v) is 4.33. The number of hydroxylamine groups is 1. The molecule has 1 fully saturated rings. The molecule has 0 saturated carbocycles. The van der Waals surface area contributed by atoms with Crippen LogP contribution in [0.15, 0.2) is 71.5 Å². The molecule has 2 N–H and O–H groups in total. The number of nitrogens with one attached hydrogen (secondary N) is 2. The average molecular weight is 476 g/mol. The quantitative estimate of drug-likeness (QED) is 0.359. The highest BCUT2D eigenvalue weighted by Crippen LogP contribution is 2.28. The number of rotatable bonds is 7. The first-order valence-electron chi connectivity index (χ1n) is 12.1. The largest absolute Gasteiger partial charge is 0.488 e. The standard InChI is InChI=1S/C27H33N5O3/c1-4-5-10-20-11-6-7-17-32(20)26(28-2)22-14-13-19-9-8-12-24(25(19)30-22)35-21-15-16-29-23(18-21)27(33)31-34-3/h6-14,17,21,23,29H,4-5,15-16,18H2,1-3H3,(H,31,33). The molecule has 184 valence electrons. The smallest absolute Gasteiger partial charge is 0.260 e. The molecule has 2 atom stereocenters. The zero-order chi connectivity index (χ0) is 24.6. The number of carbonyl (C=O) groups excluding carboxylic acids is 1. The number of unbranched alkanes of at least 4 members (excludes halogenated alkanes) is 1. The monoisotopic (exact) mass is 475 g/mol. The number of allylic oxidation sites excluding steroid dienone is 4. The summed E-state index contributed by atoms with van der Waals surface area (Å²) in [4.78, 5) is 28.6. The van der Waals surface area contributed by atoms with Crippen molar-refractivity contribution in [2.45, 2.75) is 44.8 Å². The summed E-state index contributed by atoms with van der Waals surface area (Å²) in [5, 5.41) is 4.20. The first kappa shape index (κ1) is 24.6. The maximum atomic E-state index is 12.2. The van der Waals surface area contributed by atoms with Crippen LogP contribution in [-0.2, 0) is 9.63 Å². The second-order valence-electron chi connectivity index (χ2n) is 8.50. The lowest BCUT2D eigenvalue weighted by atomic mass is 10.0. The van der Waals surface area contributed by atoms with Crippen molar-refractivity contribution in [3.8, 4) is 5.75 Å². The van der Waals surface area contributed by atoms with Gasteiger partial charge in [0, 0.05) is 30.8 Å². The zero-order valence-electron chi connectivity index (χ0n) is 20.5. The van der Waals surface area contributed by atoms with Gasteiger partial charge in [0.15, 0.2) is 5.84 Å². The minimum Gasteiger partial charge on any atom is -0.488 e. The number of fused-ring (bicyclic) bond motifs is 1. The molecule has 8 heteroatoms. The van der Waals surface area contributed by atoms with E-state index in [2.05, 4.69) is 39.8 Å². The van der Waals surface area contributed by atoms with Crippen molar-refractivity contribution in [1.82, 2.24) is 20.7 Å². The maximum Gasteiger partial charge on any atom is 0.260 e. The van der Waals surface area contributed by atoms with Gasteiger partial charge in [-0.3, -0.25) is 14.6 Å². The number of aliphatic imine (C=N–C) groups is 1.